The Labute approximate surface area is 217 Å². The van der Waals surface area contributed by atoms with Crippen molar-refractivity contribution in [2.45, 2.75) is 6.54 Å². The maximum Gasteiger partial charge on any atom is 0.239 e. The summed E-state index contributed by atoms with van der Waals surface area (Å²) in [5.74, 6) is -0.269. The van der Waals surface area contributed by atoms with Gasteiger partial charge in [-0.3, -0.25) is 9.69 Å². The Bertz CT molecular complexity index is 1460. The third-order valence-corrected chi connectivity index (χ3v) is 6.68. The van der Waals surface area contributed by atoms with Gasteiger partial charge in [-0.2, -0.15) is 4.98 Å². The first-order valence-corrected chi connectivity index (χ1v) is 12.4. The van der Waals surface area contributed by atoms with E-state index >= 15 is 8.78 Å². The quantitative estimate of drug-likeness (QED) is 0.400. The number of nitrogens with one attached hydrogen (secondary N) is 2. The highest BCUT2D eigenvalue weighted by Crippen LogP contribution is 2.26. The summed E-state index contributed by atoms with van der Waals surface area (Å²) in [6, 6.07) is 8.05. The summed E-state index contributed by atoms with van der Waals surface area (Å²) >= 11 is 0. The van der Waals surface area contributed by atoms with Crippen LogP contribution in [0.3, 0.4) is 0 Å². The number of piperazine rings is 1. The van der Waals surface area contributed by atoms with Gasteiger partial charge >= 0.3 is 0 Å². The second-order valence-corrected chi connectivity index (χ2v) is 9.23. The molecule has 2 N–H and O–H groups in total. The van der Waals surface area contributed by atoms with Crippen LogP contribution in [-0.2, 0) is 16.1 Å². The first-order chi connectivity index (χ1) is 18.5. The molecule has 0 saturated carbocycles. The zero-order valence-electron chi connectivity index (χ0n) is 20.5. The van der Waals surface area contributed by atoms with Crippen LogP contribution < -0.4 is 15.5 Å². The lowest BCUT2D eigenvalue weighted by Gasteiger charge is -2.27. The number of carbonyl (C=O) groups excluding carboxylic acids is 1. The molecule has 2 aliphatic heterocycles. The van der Waals surface area contributed by atoms with E-state index in [1.807, 2.05) is 15.9 Å². The summed E-state index contributed by atoms with van der Waals surface area (Å²) in [4.78, 5) is 29.0. The number of pyridine rings is 1. The van der Waals surface area contributed by atoms with Crippen LogP contribution in [0.2, 0.25) is 0 Å². The number of aromatic nitrogens is 4. The van der Waals surface area contributed by atoms with E-state index in [9.17, 15) is 4.79 Å². The molecule has 2 aliphatic rings. The van der Waals surface area contributed by atoms with Crippen LogP contribution in [0.4, 0.5) is 26.2 Å². The number of morpholine rings is 1. The molecule has 2 saturated heterocycles. The Morgan fingerprint density at radius 3 is 2.66 bits per heavy atom. The highest BCUT2D eigenvalue weighted by molar-refractivity contribution is 5.82. The van der Waals surface area contributed by atoms with E-state index in [-0.39, 0.29) is 24.6 Å². The van der Waals surface area contributed by atoms with E-state index in [2.05, 4.69) is 25.6 Å². The molecule has 0 bridgehead atoms. The molecule has 1 aromatic carbocycles. The van der Waals surface area contributed by atoms with Gasteiger partial charge in [0.1, 0.15) is 23.1 Å². The number of anilines is 3. The molecule has 38 heavy (non-hydrogen) atoms. The van der Waals surface area contributed by atoms with Gasteiger partial charge in [-0.05, 0) is 24.3 Å². The third kappa shape index (κ3) is 5.00. The molecule has 5 heterocycles. The van der Waals surface area contributed by atoms with Crippen molar-refractivity contribution in [2.75, 3.05) is 56.2 Å². The smallest absolute Gasteiger partial charge is 0.239 e. The predicted octanol–water partition coefficient (Wildman–Crippen LogP) is 2.61. The highest BCUT2D eigenvalue weighted by Gasteiger charge is 2.20. The third-order valence-electron chi connectivity index (χ3n) is 6.68. The van der Waals surface area contributed by atoms with E-state index in [0.717, 1.165) is 5.39 Å². The van der Waals surface area contributed by atoms with Crippen molar-refractivity contribution in [3.05, 3.63) is 66.1 Å². The van der Waals surface area contributed by atoms with Gasteiger partial charge in [0.05, 0.1) is 25.4 Å². The van der Waals surface area contributed by atoms with Crippen LogP contribution in [0, 0.1) is 11.6 Å². The van der Waals surface area contributed by atoms with Crippen molar-refractivity contribution in [3.8, 4) is 5.69 Å². The van der Waals surface area contributed by atoms with E-state index in [0.29, 0.717) is 68.2 Å². The number of rotatable bonds is 6. The second-order valence-electron chi connectivity index (χ2n) is 9.23. The van der Waals surface area contributed by atoms with E-state index in [4.69, 9.17) is 4.74 Å². The fourth-order valence-electron chi connectivity index (χ4n) is 4.68. The Morgan fingerprint density at radius 2 is 1.87 bits per heavy atom. The summed E-state index contributed by atoms with van der Waals surface area (Å²) in [6.07, 6.45) is 5.01. The number of ether oxygens (including phenoxy) is 1. The number of halogens is 2. The molecule has 0 unspecified atom stereocenters. The molecular weight excluding hydrogens is 494 g/mol. The predicted molar refractivity (Wildman–Crippen MR) is 138 cm³/mol. The van der Waals surface area contributed by atoms with Crippen LogP contribution in [0.25, 0.3) is 16.7 Å². The lowest BCUT2D eigenvalue weighted by molar-refractivity contribution is -0.120. The molecule has 2 fully saturated rings. The van der Waals surface area contributed by atoms with E-state index in [1.165, 1.54) is 12.1 Å². The topological polar surface area (TPSA) is 100 Å². The molecule has 0 spiro atoms. The molecule has 1 amide bonds. The fraction of sp³-hybridized carbons (Fsp3) is 0.308. The van der Waals surface area contributed by atoms with Crippen molar-refractivity contribution in [3.63, 3.8) is 0 Å². The standard InChI is InChI=1S/C26H26F2N8O2/c27-21-12-19(13-22(28)20(21)15-34-7-9-38-10-8-34)36-5-2-17-14-31-26(33-25(17)36)32-18-1-3-29-23(11-18)35-6-4-30-24(37)16-35/h1-3,5,11-14H,4,6-10,15-16H2,(H,30,37)(H,29,31,32,33). The average molecular weight is 521 g/mol. The molecule has 0 radical (unpaired) electrons. The molecular formula is C26H26F2N8O2. The van der Waals surface area contributed by atoms with Gasteiger partial charge in [-0.1, -0.05) is 0 Å². The molecule has 0 aliphatic carbocycles. The number of carbonyl (C=O) groups is 1. The number of hydrogen-bond donors (Lipinski definition) is 2. The maximum absolute atomic E-state index is 15.0. The number of benzene rings is 1. The molecule has 12 heteroatoms. The van der Waals surface area contributed by atoms with Gasteiger partial charge in [-0.25, -0.2) is 18.7 Å². The van der Waals surface area contributed by atoms with Crippen LogP contribution >= 0.6 is 0 Å². The zero-order chi connectivity index (χ0) is 26.1. The van der Waals surface area contributed by atoms with Gasteiger partial charge in [-0.15, -0.1) is 0 Å². The minimum atomic E-state index is -0.601. The summed E-state index contributed by atoms with van der Waals surface area (Å²) in [7, 11) is 0. The first kappa shape index (κ1) is 24.2. The summed E-state index contributed by atoms with van der Waals surface area (Å²) < 4.78 is 37.1. The second kappa shape index (κ2) is 10.3. The monoisotopic (exact) mass is 520 g/mol. The summed E-state index contributed by atoms with van der Waals surface area (Å²) in [6.45, 7) is 4.06. The van der Waals surface area contributed by atoms with Crippen LogP contribution in [0.5, 0.6) is 0 Å². The SMILES string of the molecule is O=C1CN(c2cc(Nc3ncc4ccn(-c5cc(F)c(CN6CCOCC6)c(F)c5)c4n3)ccn2)CCN1. The van der Waals surface area contributed by atoms with Crippen LogP contribution in [0.1, 0.15) is 5.56 Å². The molecule has 4 aromatic rings. The van der Waals surface area contributed by atoms with Crippen molar-refractivity contribution < 1.29 is 18.3 Å². The largest absolute Gasteiger partial charge is 0.379 e. The van der Waals surface area contributed by atoms with Crippen molar-refractivity contribution in [1.29, 1.82) is 0 Å². The van der Waals surface area contributed by atoms with Crippen LogP contribution in [0.15, 0.2) is 48.9 Å². The normalized spacial score (nSPS) is 16.6. The number of hydrogen-bond acceptors (Lipinski definition) is 8. The first-order valence-electron chi connectivity index (χ1n) is 12.4. The Balaban J connectivity index is 1.25. The maximum atomic E-state index is 15.0. The molecule has 0 atom stereocenters. The number of amides is 1. The van der Waals surface area contributed by atoms with Crippen molar-refractivity contribution >= 4 is 34.4 Å². The van der Waals surface area contributed by atoms with Gasteiger partial charge in [0, 0.05) is 74.0 Å². The lowest BCUT2D eigenvalue weighted by atomic mass is 10.1. The molecule has 10 nitrogen and oxygen atoms in total. The lowest BCUT2D eigenvalue weighted by Crippen LogP contribution is -2.48. The van der Waals surface area contributed by atoms with Gasteiger partial charge in [0.25, 0.3) is 0 Å². The van der Waals surface area contributed by atoms with E-state index in [1.54, 1.807) is 35.3 Å². The average Bonchev–Trinajstić information content (AvgIpc) is 3.35. The Hall–Kier alpha value is -4.16. The minimum absolute atomic E-state index is 0.0452. The fourth-order valence-corrected chi connectivity index (χ4v) is 4.68. The van der Waals surface area contributed by atoms with Crippen LogP contribution in [-0.4, -0.2) is 76.3 Å². The van der Waals surface area contributed by atoms with Gasteiger partial charge < -0.3 is 24.8 Å². The summed E-state index contributed by atoms with van der Waals surface area (Å²) in [5.41, 5.74) is 1.58. The molecule has 3 aromatic heterocycles. The van der Waals surface area contributed by atoms with Crippen molar-refractivity contribution in [2.24, 2.45) is 0 Å². The zero-order valence-corrected chi connectivity index (χ0v) is 20.5. The highest BCUT2D eigenvalue weighted by atomic mass is 19.1. The molecule has 6 rings (SSSR count). The Kier molecular flexibility index (Phi) is 6.56. The number of fused-ring (bicyclic) bond motifs is 1. The van der Waals surface area contributed by atoms with Gasteiger partial charge in [0.15, 0.2) is 0 Å². The van der Waals surface area contributed by atoms with Gasteiger partial charge in [0.2, 0.25) is 11.9 Å². The minimum Gasteiger partial charge on any atom is -0.379 e. The van der Waals surface area contributed by atoms with Crippen molar-refractivity contribution in [1.82, 2.24) is 29.7 Å². The molecule has 196 valence electrons. The number of nitrogens with zero attached hydrogens (tertiary/aromatic N) is 6. The van der Waals surface area contributed by atoms with E-state index < -0.39 is 11.6 Å². The summed E-state index contributed by atoms with van der Waals surface area (Å²) in [5, 5.41) is 6.69. The Morgan fingerprint density at radius 1 is 1.05 bits per heavy atom.